The van der Waals surface area contributed by atoms with Crippen LogP contribution in [0, 0.1) is 71.0 Å². The zero-order valence-corrected chi connectivity index (χ0v) is 82.6. The number of anilines is 1. The highest BCUT2D eigenvalue weighted by Crippen LogP contribution is 2.56. The van der Waals surface area contributed by atoms with E-state index in [-0.39, 0.29) is 0 Å². The van der Waals surface area contributed by atoms with Crippen molar-refractivity contribution in [1.82, 2.24) is 49.0 Å². The number of benzene rings is 3. The van der Waals surface area contributed by atoms with Crippen LogP contribution < -0.4 is 4.90 Å². The molecule has 0 spiro atoms. The predicted octanol–water partition coefficient (Wildman–Crippen LogP) is 23.1. The zero-order valence-electron chi connectivity index (χ0n) is 82.6. The van der Waals surface area contributed by atoms with E-state index < -0.39 is 0 Å². The zero-order chi connectivity index (χ0) is 86.7. The van der Waals surface area contributed by atoms with Crippen molar-refractivity contribution in [2.45, 2.75) is 398 Å². The molecule has 28 atom stereocenters. The van der Waals surface area contributed by atoms with E-state index in [1.54, 1.807) is 12.8 Å². The van der Waals surface area contributed by atoms with Crippen LogP contribution in [0.4, 0.5) is 5.69 Å². The summed E-state index contributed by atoms with van der Waals surface area (Å²) < 4.78 is 0. The van der Waals surface area contributed by atoms with E-state index >= 15 is 0 Å². The van der Waals surface area contributed by atoms with Crippen molar-refractivity contribution in [3.63, 3.8) is 0 Å². The highest BCUT2D eigenvalue weighted by Gasteiger charge is 2.54. The highest BCUT2D eigenvalue weighted by atomic mass is 15.2. The van der Waals surface area contributed by atoms with Gasteiger partial charge in [-0.2, -0.15) is 0 Å². The Morgan fingerprint density at radius 2 is 0.746 bits per heavy atom. The van der Waals surface area contributed by atoms with Crippen LogP contribution in [0.2, 0.25) is 0 Å². The molecule has 11 nitrogen and oxygen atoms in total. The van der Waals surface area contributed by atoms with Crippen LogP contribution in [0.15, 0.2) is 103 Å². The number of hydrogen-bond acceptors (Lipinski definition) is 11. The lowest BCUT2D eigenvalue weighted by Crippen LogP contribution is -2.36. The average molecular weight is 1670 g/mol. The van der Waals surface area contributed by atoms with Crippen LogP contribution in [0.1, 0.15) is 303 Å². The molecule has 3 aromatic carbocycles. The third kappa shape index (κ3) is 23.3. The molecule has 9 aliphatic carbocycles. The monoisotopic (exact) mass is 1670 g/mol. The van der Waals surface area contributed by atoms with Gasteiger partial charge >= 0.3 is 0 Å². The molecule has 0 N–H and O–H groups in total. The molecule has 20 aliphatic rings. The summed E-state index contributed by atoms with van der Waals surface area (Å²) in [6.07, 6.45) is 59.7. The second-order valence-electron chi connectivity index (χ2n) is 44.8. The van der Waals surface area contributed by atoms with Crippen molar-refractivity contribution in [2.24, 2.45) is 71.0 Å². The summed E-state index contributed by atoms with van der Waals surface area (Å²) in [7, 11) is 24.8. The van der Waals surface area contributed by atoms with E-state index in [1.807, 2.05) is 0 Å². The number of likely N-dealkylation sites (N-methyl/N-ethyl adjacent to an activating group) is 4. The van der Waals surface area contributed by atoms with Crippen LogP contribution in [-0.2, 0) is 25.9 Å². The lowest BCUT2D eigenvalue weighted by Gasteiger charge is -2.31. The molecule has 2 bridgehead atoms. The number of rotatable bonds is 0. The number of hydrogen-bond donors (Lipinski definition) is 0. The summed E-state index contributed by atoms with van der Waals surface area (Å²) in [4.78, 5) is 27.6. The van der Waals surface area contributed by atoms with E-state index in [2.05, 4.69) is 311 Å². The fraction of sp³-hybridized carbons (Fsp3) is 0.784. The first-order valence-electron chi connectivity index (χ1n) is 51.7. The SMILES string of the molecule is CC1=Cc2ccccc2CN1C.CC1C2CCCC2CN1C.CC1C2CCCCC2CN1C.CC1CC2C3CCC(C3)C2N1C.CC1CC2CC=CC2N1C.CC1CC2CCC=CC2N1C.CC1CC2CCCC2N1C.CC1CC2CCCCC2N1C.CC1CC2CCCCCC2N1C.CC1Cc2ccccc2CN1C.CC1Cc2ccccc2N1C. The van der Waals surface area contributed by atoms with E-state index in [1.165, 1.54) is 251 Å². The predicted molar refractivity (Wildman–Crippen MR) is 524 cm³/mol. The molecule has 0 radical (unpaired) electrons. The van der Waals surface area contributed by atoms with Crippen molar-refractivity contribution in [3.05, 3.63) is 131 Å². The molecule has 7 saturated carbocycles. The van der Waals surface area contributed by atoms with Crippen molar-refractivity contribution in [1.29, 1.82) is 0 Å². The Bertz CT molecular complexity index is 3630. The summed E-state index contributed by atoms with van der Waals surface area (Å²) in [5, 5.41) is 0. The summed E-state index contributed by atoms with van der Waals surface area (Å²) in [6, 6.07) is 39.4. The minimum atomic E-state index is 0.674. The first kappa shape index (κ1) is 95.7. The van der Waals surface area contributed by atoms with Crippen LogP contribution >= 0.6 is 0 Å². The molecule has 28 unspecified atom stereocenters. The molecule has 684 valence electrons. The maximum Gasteiger partial charge on any atom is 0.0429 e. The van der Waals surface area contributed by atoms with Gasteiger partial charge in [0.1, 0.15) is 0 Å². The lowest BCUT2D eigenvalue weighted by molar-refractivity contribution is 0.177. The van der Waals surface area contributed by atoms with Crippen molar-refractivity contribution in [3.8, 4) is 0 Å². The van der Waals surface area contributed by atoms with Crippen LogP contribution in [-0.4, -0.2) is 236 Å². The fourth-order valence-corrected chi connectivity index (χ4v) is 28.6. The van der Waals surface area contributed by atoms with Gasteiger partial charge in [-0.25, -0.2) is 0 Å². The van der Waals surface area contributed by atoms with Gasteiger partial charge in [0.25, 0.3) is 0 Å². The van der Waals surface area contributed by atoms with E-state index in [0.29, 0.717) is 12.1 Å². The van der Waals surface area contributed by atoms with Crippen molar-refractivity contribution >= 4 is 11.8 Å². The summed E-state index contributed by atoms with van der Waals surface area (Å²) in [5.41, 5.74) is 10.1. The Kier molecular flexibility index (Phi) is 35.0. The lowest BCUT2D eigenvalue weighted by atomic mass is 9.79. The van der Waals surface area contributed by atoms with Gasteiger partial charge in [-0.05, 0) is 405 Å². The van der Waals surface area contributed by atoms with Gasteiger partial charge in [0.15, 0.2) is 0 Å². The summed E-state index contributed by atoms with van der Waals surface area (Å²) >= 11 is 0. The van der Waals surface area contributed by atoms with E-state index in [4.69, 9.17) is 0 Å². The van der Waals surface area contributed by atoms with Crippen molar-refractivity contribution in [2.75, 3.05) is 95.5 Å². The topological polar surface area (TPSA) is 35.6 Å². The first-order valence-corrected chi connectivity index (χ1v) is 51.7. The fourth-order valence-electron chi connectivity index (χ4n) is 28.6. The van der Waals surface area contributed by atoms with Gasteiger partial charge in [0.05, 0.1) is 0 Å². The van der Waals surface area contributed by atoms with Crippen LogP contribution in [0.5, 0.6) is 0 Å². The smallest absolute Gasteiger partial charge is 0.0429 e. The average Bonchev–Trinajstić information content (AvgIpc) is 1.59. The molecule has 122 heavy (non-hydrogen) atoms. The second kappa shape index (κ2) is 44.6. The van der Waals surface area contributed by atoms with Crippen LogP contribution in [0.3, 0.4) is 0 Å². The molecular weight excluding hydrogens is 1490 g/mol. The molecular formula is C111H185N11. The maximum absolute atomic E-state index is 2.66. The Balaban J connectivity index is 0.000000116. The molecule has 3 aromatic rings. The van der Waals surface area contributed by atoms with Crippen molar-refractivity contribution < 1.29 is 0 Å². The Hall–Kier alpha value is -3.88. The Morgan fingerprint density at radius 1 is 0.303 bits per heavy atom. The van der Waals surface area contributed by atoms with Gasteiger partial charge < -0.3 is 39.2 Å². The molecule has 15 fully saturated rings. The molecule has 11 heterocycles. The van der Waals surface area contributed by atoms with Crippen LogP contribution in [0.25, 0.3) is 6.08 Å². The first-order chi connectivity index (χ1) is 58.6. The molecule has 11 aliphatic heterocycles. The number of nitrogens with zero attached hydrogens (tertiary/aromatic N) is 11. The number of allylic oxidation sites excluding steroid dienone is 3. The number of fused-ring (bicyclic) bond motifs is 15. The minimum Gasteiger partial charge on any atom is -0.374 e. The molecule has 11 heteroatoms. The normalized spacial score (nSPS) is 39.8. The largest absolute Gasteiger partial charge is 0.374 e. The van der Waals surface area contributed by atoms with Gasteiger partial charge in [-0.3, -0.25) is 14.7 Å². The van der Waals surface area contributed by atoms with E-state index in [0.717, 1.165) is 169 Å². The third-order valence-corrected chi connectivity index (χ3v) is 37.6. The third-order valence-electron chi connectivity index (χ3n) is 37.6. The van der Waals surface area contributed by atoms with Gasteiger partial charge in [-0.1, -0.05) is 149 Å². The number of para-hydroxylation sites is 1. The minimum absolute atomic E-state index is 0.674. The molecule has 0 amide bonds. The van der Waals surface area contributed by atoms with Gasteiger partial charge in [0, 0.05) is 148 Å². The molecule has 8 saturated heterocycles. The number of likely N-dealkylation sites (tertiary alicyclic amines) is 8. The Labute approximate surface area is 751 Å². The van der Waals surface area contributed by atoms with Gasteiger partial charge in [-0.15, -0.1) is 0 Å². The molecule has 23 rings (SSSR count). The maximum atomic E-state index is 2.66. The van der Waals surface area contributed by atoms with E-state index in [9.17, 15) is 0 Å². The Morgan fingerprint density at radius 3 is 1.34 bits per heavy atom. The highest BCUT2D eigenvalue weighted by molar-refractivity contribution is 5.59. The molecule has 0 aromatic heterocycles. The summed E-state index contributed by atoms with van der Waals surface area (Å²) in [5.74, 6) is 12.5. The second-order valence-corrected chi connectivity index (χ2v) is 44.8. The summed E-state index contributed by atoms with van der Waals surface area (Å²) in [6.45, 7) is 30.5. The quantitative estimate of drug-likeness (QED) is 0.202. The van der Waals surface area contributed by atoms with Gasteiger partial charge in [0.2, 0.25) is 0 Å². The standard InChI is InChI=1S/C11H19N.C11H15N.C11H13N.C11H21N.2C10H19N.C10H17N.C10H13N.2C9H17N.C9H15N/c1-7-5-10-8-3-4-9(6-8)11(10)12(7)2;2*1-9-7-10-5-3-4-6-11(10)8-12(9)2;1-9-8-10-6-4-3-5-7-11(10)12(9)2;1-8-10-6-4-3-5-9(10)7-11(8)2;3*1-8-7-9-5-3-4-6-10(9)11(8)2;1-7-9-5-3-4-8(9)6-10(7)2;2*1-7-6-8-4-3-5-9(8)10(7)2/h7-11H,3-6H2,1-2H3;3-6,9H,7-8H2,1-2H3;3-7H,8H2,1-2H3;9-11H,3-8H2,1-2H3;2*8-10H,3-7H2,1-2H3;4,6,8-10H,3,5,7H2,1-2H3;3-6,8H,7H2,1-2H3;2*7-9H,3-6H2,1-2H3;3,5,7-9H,4,6H2,1-2H3.